The van der Waals surface area contributed by atoms with Crippen LogP contribution in [-0.2, 0) is 30.8 Å². The Kier molecular flexibility index (Phi) is 8.92. The highest BCUT2D eigenvalue weighted by Gasteiger charge is 2.43. The highest BCUT2D eigenvalue weighted by atomic mass is 32.2. The van der Waals surface area contributed by atoms with E-state index in [4.69, 9.17) is 0 Å². The number of hydrogen-bond acceptors (Lipinski definition) is 7. The third-order valence-corrected chi connectivity index (χ3v) is 7.47. The molecule has 33 heavy (non-hydrogen) atoms. The Labute approximate surface area is 195 Å². The SMILES string of the molecule is CN[C@@H](C)C(=O)N[C@H](C(=O)N1c2ncccc2C[C@H]1C(=O)NCCS(=O)(=O)N(C)C)C(C)C. The van der Waals surface area contributed by atoms with E-state index < -0.39 is 40.0 Å². The Bertz CT molecular complexity index is 981. The van der Waals surface area contributed by atoms with Gasteiger partial charge >= 0.3 is 0 Å². The van der Waals surface area contributed by atoms with Gasteiger partial charge in [0, 0.05) is 33.3 Å². The molecule has 11 nitrogen and oxygen atoms in total. The molecule has 0 bridgehead atoms. The van der Waals surface area contributed by atoms with Crippen molar-refractivity contribution in [2.45, 2.75) is 45.3 Å². The summed E-state index contributed by atoms with van der Waals surface area (Å²) in [5, 5.41) is 8.24. The number of nitrogens with one attached hydrogen (secondary N) is 3. The molecule has 0 spiro atoms. The predicted molar refractivity (Wildman–Crippen MR) is 125 cm³/mol. The second kappa shape index (κ2) is 11.0. The van der Waals surface area contributed by atoms with E-state index >= 15 is 0 Å². The van der Waals surface area contributed by atoms with Crippen LogP contribution in [0.5, 0.6) is 0 Å². The van der Waals surface area contributed by atoms with Gasteiger partial charge in [-0.25, -0.2) is 17.7 Å². The average molecular weight is 483 g/mol. The summed E-state index contributed by atoms with van der Waals surface area (Å²) in [4.78, 5) is 44.7. The Morgan fingerprint density at radius 1 is 1.24 bits per heavy atom. The van der Waals surface area contributed by atoms with E-state index in [1.54, 1.807) is 26.1 Å². The number of rotatable bonds is 10. The van der Waals surface area contributed by atoms with Crippen molar-refractivity contribution in [3.63, 3.8) is 0 Å². The zero-order chi connectivity index (χ0) is 24.9. The minimum Gasteiger partial charge on any atom is -0.353 e. The van der Waals surface area contributed by atoms with Crippen LogP contribution in [0.3, 0.4) is 0 Å². The quantitative estimate of drug-likeness (QED) is 0.392. The molecule has 1 aromatic rings. The van der Waals surface area contributed by atoms with Gasteiger partial charge in [-0.3, -0.25) is 19.3 Å². The molecule has 184 valence electrons. The molecule has 2 rings (SSSR count). The number of amides is 3. The third-order valence-electron chi connectivity index (χ3n) is 5.63. The topological polar surface area (TPSA) is 141 Å². The molecule has 0 aliphatic carbocycles. The molecule has 1 aliphatic heterocycles. The number of likely N-dealkylation sites (N-methyl/N-ethyl adjacent to an activating group) is 1. The van der Waals surface area contributed by atoms with Crippen molar-refractivity contribution in [3.05, 3.63) is 23.9 Å². The number of fused-ring (bicyclic) bond motifs is 1. The fourth-order valence-corrected chi connectivity index (χ4v) is 4.12. The maximum Gasteiger partial charge on any atom is 0.251 e. The standard InChI is InChI=1S/C21H34N6O5S/c1-13(2)17(25-19(28)14(3)22-4)21(30)27-16(12-15-8-7-9-23-18(15)27)20(29)24-10-11-33(31,32)26(5)6/h7-9,13-14,16-17,22H,10-12H2,1-6H3,(H,24,29)(H,25,28)/t14-,16-,17-/m0/s1. The number of carbonyl (C=O) groups excluding carboxylic acids is 3. The lowest BCUT2D eigenvalue weighted by molar-refractivity contribution is -0.131. The summed E-state index contributed by atoms with van der Waals surface area (Å²) in [5.74, 6) is -1.39. The highest BCUT2D eigenvalue weighted by molar-refractivity contribution is 7.89. The van der Waals surface area contributed by atoms with Crippen LogP contribution >= 0.6 is 0 Å². The summed E-state index contributed by atoms with van der Waals surface area (Å²) < 4.78 is 25.1. The smallest absolute Gasteiger partial charge is 0.251 e. The van der Waals surface area contributed by atoms with Crippen LogP contribution in [0.25, 0.3) is 0 Å². The minimum absolute atomic E-state index is 0.0916. The summed E-state index contributed by atoms with van der Waals surface area (Å²) >= 11 is 0. The number of sulfonamides is 1. The van der Waals surface area contributed by atoms with Crippen molar-refractivity contribution in [1.82, 2.24) is 25.2 Å². The first-order chi connectivity index (χ1) is 15.4. The summed E-state index contributed by atoms with van der Waals surface area (Å²) in [6.45, 7) is 5.21. The normalized spacial score (nSPS) is 17.6. The number of carbonyl (C=O) groups is 3. The Balaban J connectivity index is 2.26. The van der Waals surface area contributed by atoms with Gasteiger partial charge in [0.25, 0.3) is 5.91 Å². The van der Waals surface area contributed by atoms with E-state index in [9.17, 15) is 22.8 Å². The van der Waals surface area contributed by atoms with Crippen LogP contribution in [0.15, 0.2) is 18.3 Å². The molecule has 0 saturated carbocycles. The predicted octanol–water partition coefficient (Wildman–Crippen LogP) is -0.904. The summed E-state index contributed by atoms with van der Waals surface area (Å²) in [6.07, 6.45) is 1.78. The Morgan fingerprint density at radius 3 is 2.48 bits per heavy atom. The molecular weight excluding hydrogens is 448 g/mol. The van der Waals surface area contributed by atoms with Crippen LogP contribution in [-0.4, -0.2) is 87.0 Å². The van der Waals surface area contributed by atoms with E-state index in [1.165, 1.54) is 25.2 Å². The van der Waals surface area contributed by atoms with Gasteiger partial charge in [-0.2, -0.15) is 0 Å². The van der Waals surface area contributed by atoms with Crippen molar-refractivity contribution in [2.75, 3.05) is 38.3 Å². The second-order valence-corrected chi connectivity index (χ2v) is 10.8. The molecule has 1 aromatic heterocycles. The lowest BCUT2D eigenvalue weighted by Gasteiger charge is -2.31. The minimum atomic E-state index is -3.48. The van der Waals surface area contributed by atoms with E-state index in [1.807, 2.05) is 13.8 Å². The lowest BCUT2D eigenvalue weighted by atomic mass is 10.0. The maximum atomic E-state index is 13.6. The zero-order valence-electron chi connectivity index (χ0n) is 20.0. The van der Waals surface area contributed by atoms with E-state index in [-0.39, 0.29) is 30.5 Å². The van der Waals surface area contributed by atoms with Gasteiger partial charge in [0.05, 0.1) is 11.8 Å². The number of hydrogen-bond donors (Lipinski definition) is 3. The molecule has 2 heterocycles. The van der Waals surface area contributed by atoms with Gasteiger partial charge in [-0.15, -0.1) is 0 Å². The number of anilines is 1. The molecule has 0 unspecified atom stereocenters. The first-order valence-electron chi connectivity index (χ1n) is 10.8. The summed E-state index contributed by atoms with van der Waals surface area (Å²) in [7, 11) is 1.01. The Morgan fingerprint density at radius 2 is 1.91 bits per heavy atom. The summed E-state index contributed by atoms with van der Waals surface area (Å²) in [5.41, 5.74) is 0.726. The zero-order valence-corrected chi connectivity index (χ0v) is 20.8. The monoisotopic (exact) mass is 482 g/mol. The van der Waals surface area contributed by atoms with E-state index in [0.29, 0.717) is 5.82 Å². The molecule has 3 atom stereocenters. The van der Waals surface area contributed by atoms with Crippen LogP contribution in [0, 0.1) is 5.92 Å². The maximum absolute atomic E-state index is 13.6. The molecule has 3 amide bonds. The van der Waals surface area contributed by atoms with Gasteiger partial charge in [-0.1, -0.05) is 19.9 Å². The van der Waals surface area contributed by atoms with E-state index in [0.717, 1.165) is 9.87 Å². The van der Waals surface area contributed by atoms with Gasteiger partial charge in [0.2, 0.25) is 21.8 Å². The third kappa shape index (κ3) is 6.27. The molecule has 0 radical (unpaired) electrons. The molecular formula is C21H34N6O5S. The first kappa shape index (κ1) is 26.7. The molecule has 0 saturated heterocycles. The van der Waals surface area contributed by atoms with Crippen molar-refractivity contribution in [1.29, 1.82) is 0 Å². The second-order valence-electron chi connectivity index (χ2n) is 8.54. The fourth-order valence-electron chi connectivity index (χ4n) is 3.40. The van der Waals surface area contributed by atoms with Crippen molar-refractivity contribution >= 4 is 33.6 Å². The lowest BCUT2D eigenvalue weighted by Crippen LogP contribution is -2.58. The van der Waals surface area contributed by atoms with E-state index in [2.05, 4.69) is 20.9 Å². The van der Waals surface area contributed by atoms with Crippen LogP contribution in [0.2, 0.25) is 0 Å². The molecule has 1 aliphatic rings. The molecule has 0 aromatic carbocycles. The van der Waals surface area contributed by atoms with Gasteiger partial charge in [-0.05, 0) is 31.5 Å². The fraction of sp³-hybridized carbons (Fsp3) is 0.619. The number of aromatic nitrogens is 1. The van der Waals surface area contributed by atoms with Gasteiger partial charge in [0.1, 0.15) is 17.9 Å². The molecule has 12 heteroatoms. The molecule has 3 N–H and O–H groups in total. The van der Waals surface area contributed by atoms with Gasteiger partial charge < -0.3 is 16.0 Å². The Hall–Kier alpha value is -2.57. The first-order valence-corrected chi connectivity index (χ1v) is 12.4. The number of pyridine rings is 1. The van der Waals surface area contributed by atoms with Crippen LogP contribution < -0.4 is 20.9 Å². The van der Waals surface area contributed by atoms with Crippen molar-refractivity contribution < 1.29 is 22.8 Å². The van der Waals surface area contributed by atoms with Gasteiger partial charge in [0.15, 0.2) is 0 Å². The largest absolute Gasteiger partial charge is 0.353 e. The number of nitrogens with zero attached hydrogens (tertiary/aromatic N) is 3. The van der Waals surface area contributed by atoms with Crippen LogP contribution in [0.1, 0.15) is 26.3 Å². The average Bonchev–Trinajstić information content (AvgIpc) is 3.15. The van der Waals surface area contributed by atoms with Crippen LogP contribution in [0.4, 0.5) is 5.82 Å². The van der Waals surface area contributed by atoms with Crippen molar-refractivity contribution in [3.8, 4) is 0 Å². The van der Waals surface area contributed by atoms with Crippen molar-refractivity contribution in [2.24, 2.45) is 5.92 Å². The summed E-state index contributed by atoms with van der Waals surface area (Å²) in [6, 6.07) is 1.25. The highest BCUT2D eigenvalue weighted by Crippen LogP contribution is 2.31. The molecule has 0 fully saturated rings.